The Balaban J connectivity index is 2.95. The molecule has 0 fully saturated rings. The van der Waals surface area contributed by atoms with Crippen molar-refractivity contribution >= 4 is 28.8 Å². The lowest BCUT2D eigenvalue weighted by Gasteiger charge is -2.16. The molecule has 0 bridgehead atoms. The van der Waals surface area contributed by atoms with Crippen LogP contribution in [0.1, 0.15) is 32.8 Å². The Kier molecular flexibility index (Phi) is 7.10. The number of hydrogen-bond donors (Lipinski definition) is 1. The van der Waals surface area contributed by atoms with E-state index in [1.807, 2.05) is 26.0 Å². The van der Waals surface area contributed by atoms with E-state index in [9.17, 15) is 0 Å². The van der Waals surface area contributed by atoms with Gasteiger partial charge in [-0.1, -0.05) is 30.7 Å². The second-order valence-corrected chi connectivity index (χ2v) is 5.67. The predicted molar refractivity (Wildman–Crippen MR) is 88.1 cm³/mol. The summed E-state index contributed by atoms with van der Waals surface area (Å²) in [5, 5.41) is 0.687. The van der Waals surface area contributed by atoms with Crippen LogP contribution in [0.3, 0.4) is 0 Å². The van der Waals surface area contributed by atoms with Crippen LogP contribution >= 0.6 is 23.8 Å². The van der Waals surface area contributed by atoms with Crippen LogP contribution in [0.4, 0.5) is 0 Å². The molecule has 3 nitrogen and oxygen atoms in total. The zero-order valence-electron chi connectivity index (χ0n) is 12.2. The second kappa shape index (κ2) is 8.32. The van der Waals surface area contributed by atoms with Crippen molar-refractivity contribution in [2.75, 3.05) is 13.2 Å². The van der Waals surface area contributed by atoms with E-state index in [1.165, 1.54) is 0 Å². The Morgan fingerprint density at radius 2 is 1.80 bits per heavy atom. The fraction of sp³-hybridized carbons (Fsp3) is 0.533. The lowest BCUT2D eigenvalue weighted by molar-refractivity contribution is 0.287. The van der Waals surface area contributed by atoms with E-state index in [2.05, 4.69) is 6.92 Å². The highest BCUT2D eigenvalue weighted by molar-refractivity contribution is 7.80. The van der Waals surface area contributed by atoms with Crippen molar-refractivity contribution in [1.29, 1.82) is 0 Å². The Bertz CT molecular complexity index is 465. The van der Waals surface area contributed by atoms with Crippen LogP contribution in [0.5, 0.6) is 11.5 Å². The highest BCUT2D eigenvalue weighted by Crippen LogP contribution is 2.35. The summed E-state index contributed by atoms with van der Waals surface area (Å²) in [4.78, 5) is 0.532. The third-order valence-electron chi connectivity index (χ3n) is 2.83. The number of halogens is 1. The third kappa shape index (κ3) is 5.17. The van der Waals surface area contributed by atoms with Crippen LogP contribution in [-0.4, -0.2) is 18.2 Å². The van der Waals surface area contributed by atoms with Crippen LogP contribution in [0.25, 0.3) is 0 Å². The standard InChI is InChI=1S/C15H22ClNO2S/c1-4-18-13-8-11(6-10(3)7-15(17)20)12(16)9-14(13)19-5-2/h8-10H,4-7H2,1-3H3,(H2,17,20). The first-order valence-corrected chi connectivity index (χ1v) is 7.62. The molecule has 0 saturated heterocycles. The number of hydrogen-bond acceptors (Lipinski definition) is 3. The third-order valence-corrected chi connectivity index (χ3v) is 3.35. The molecule has 0 aromatic heterocycles. The minimum Gasteiger partial charge on any atom is -0.490 e. The van der Waals surface area contributed by atoms with Crippen molar-refractivity contribution in [3.8, 4) is 11.5 Å². The molecule has 0 spiro atoms. The number of ether oxygens (including phenoxy) is 2. The first kappa shape index (κ1) is 17.1. The van der Waals surface area contributed by atoms with Gasteiger partial charge in [-0.05, 0) is 37.8 Å². The topological polar surface area (TPSA) is 44.5 Å². The van der Waals surface area contributed by atoms with Gasteiger partial charge >= 0.3 is 0 Å². The van der Waals surface area contributed by atoms with Crippen LogP contribution in [0.2, 0.25) is 5.02 Å². The fourth-order valence-corrected chi connectivity index (χ4v) is 2.58. The average molecular weight is 316 g/mol. The predicted octanol–water partition coefficient (Wildman–Crippen LogP) is 3.99. The van der Waals surface area contributed by atoms with E-state index in [0.717, 1.165) is 17.7 Å². The smallest absolute Gasteiger partial charge is 0.162 e. The number of benzene rings is 1. The van der Waals surface area contributed by atoms with Crippen LogP contribution in [-0.2, 0) is 6.42 Å². The van der Waals surface area contributed by atoms with Gasteiger partial charge in [0.25, 0.3) is 0 Å². The minimum atomic E-state index is 0.345. The van der Waals surface area contributed by atoms with Crippen LogP contribution in [0.15, 0.2) is 12.1 Å². The van der Waals surface area contributed by atoms with E-state index >= 15 is 0 Å². The zero-order chi connectivity index (χ0) is 15.1. The SMILES string of the molecule is CCOc1cc(Cl)c(CC(C)CC(N)=S)cc1OCC. The van der Waals surface area contributed by atoms with Crippen molar-refractivity contribution in [1.82, 2.24) is 0 Å². The van der Waals surface area contributed by atoms with E-state index < -0.39 is 0 Å². The summed E-state index contributed by atoms with van der Waals surface area (Å²) in [5.41, 5.74) is 6.61. The molecule has 0 aliphatic rings. The largest absolute Gasteiger partial charge is 0.490 e. The van der Waals surface area contributed by atoms with Crippen LogP contribution in [0, 0.1) is 5.92 Å². The monoisotopic (exact) mass is 315 g/mol. The molecule has 0 saturated carbocycles. The quantitative estimate of drug-likeness (QED) is 0.737. The number of thiocarbonyl (C=S) groups is 1. The lowest BCUT2D eigenvalue weighted by Crippen LogP contribution is -2.14. The van der Waals surface area contributed by atoms with Gasteiger partial charge in [0.05, 0.1) is 18.2 Å². The van der Waals surface area contributed by atoms with Crippen LogP contribution < -0.4 is 15.2 Å². The fourth-order valence-electron chi connectivity index (χ4n) is 2.06. The summed E-state index contributed by atoms with van der Waals surface area (Å²) in [6.45, 7) is 7.14. The molecular formula is C15H22ClNO2S. The Morgan fingerprint density at radius 1 is 1.25 bits per heavy atom. The van der Waals surface area contributed by atoms with Gasteiger partial charge in [-0.25, -0.2) is 0 Å². The molecule has 1 aromatic rings. The maximum Gasteiger partial charge on any atom is 0.162 e. The summed E-state index contributed by atoms with van der Waals surface area (Å²) >= 11 is 11.3. The van der Waals surface area contributed by atoms with Crippen molar-refractivity contribution in [2.45, 2.75) is 33.6 Å². The van der Waals surface area contributed by atoms with Crippen molar-refractivity contribution in [2.24, 2.45) is 11.7 Å². The molecule has 0 heterocycles. The normalized spacial score (nSPS) is 12.0. The summed E-state index contributed by atoms with van der Waals surface area (Å²) in [7, 11) is 0. The highest BCUT2D eigenvalue weighted by Gasteiger charge is 2.14. The van der Waals surface area contributed by atoms with E-state index in [1.54, 1.807) is 0 Å². The molecule has 1 aromatic carbocycles. The first-order chi connectivity index (χ1) is 9.47. The molecule has 0 aliphatic carbocycles. The molecule has 0 aliphatic heterocycles. The zero-order valence-corrected chi connectivity index (χ0v) is 13.8. The molecule has 0 radical (unpaired) electrons. The molecule has 1 unspecified atom stereocenters. The molecule has 20 heavy (non-hydrogen) atoms. The molecular weight excluding hydrogens is 294 g/mol. The van der Waals surface area contributed by atoms with Gasteiger partial charge in [-0.3, -0.25) is 0 Å². The molecule has 112 valence electrons. The van der Waals surface area contributed by atoms with Crippen molar-refractivity contribution < 1.29 is 9.47 Å². The summed E-state index contributed by atoms with van der Waals surface area (Å²) in [6, 6.07) is 3.77. The van der Waals surface area contributed by atoms with E-state index in [4.69, 9.17) is 39.0 Å². The number of nitrogens with two attached hydrogens (primary N) is 1. The second-order valence-electron chi connectivity index (χ2n) is 4.74. The summed E-state index contributed by atoms with van der Waals surface area (Å²) in [5.74, 6) is 1.76. The Morgan fingerprint density at radius 3 is 2.30 bits per heavy atom. The highest BCUT2D eigenvalue weighted by atomic mass is 35.5. The Labute approximate surface area is 131 Å². The van der Waals surface area contributed by atoms with Gasteiger partial charge in [0.1, 0.15) is 0 Å². The van der Waals surface area contributed by atoms with Gasteiger partial charge in [0, 0.05) is 17.5 Å². The van der Waals surface area contributed by atoms with Gasteiger partial charge in [0.2, 0.25) is 0 Å². The first-order valence-electron chi connectivity index (χ1n) is 6.84. The van der Waals surface area contributed by atoms with Crippen molar-refractivity contribution in [3.05, 3.63) is 22.7 Å². The number of rotatable bonds is 8. The van der Waals surface area contributed by atoms with Crippen molar-refractivity contribution in [3.63, 3.8) is 0 Å². The Hall–Kier alpha value is -1.00. The molecule has 0 amide bonds. The molecule has 2 N–H and O–H groups in total. The van der Waals surface area contributed by atoms with Gasteiger partial charge in [-0.2, -0.15) is 0 Å². The summed E-state index contributed by atoms with van der Waals surface area (Å²) in [6.07, 6.45) is 1.52. The van der Waals surface area contributed by atoms with E-state index in [0.29, 0.717) is 41.3 Å². The average Bonchev–Trinajstić information content (AvgIpc) is 2.34. The maximum absolute atomic E-state index is 6.32. The molecule has 1 rings (SSSR count). The molecule has 1 atom stereocenters. The minimum absolute atomic E-state index is 0.345. The summed E-state index contributed by atoms with van der Waals surface area (Å²) < 4.78 is 11.2. The maximum atomic E-state index is 6.32. The van der Waals surface area contributed by atoms with E-state index in [-0.39, 0.29) is 0 Å². The van der Waals surface area contributed by atoms with Gasteiger partial charge in [0.15, 0.2) is 11.5 Å². The van der Waals surface area contributed by atoms with Gasteiger partial charge < -0.3 is 15.2 Å². The molecule has 5 heteroatoms. The lowest BCUT2D eigenvalue weighted by atomic mass is 9.97. The van der Waals surface area contributed by atoms with Gasteiger partial charge in [-0.15, -0.1) is 0 Å².